The lowest BCUT2D eigenvalue weighted by Crippen LogP contribution is -2.49. The van der Waals surface area contributed by atoms with E-state index in [1.807, 2.05) is 68.6 Å². The molecule has 0 saturated carbocycles. The van der Waals surface area contributed by atoms with Crippen LogP contribution in [0.4, 0.5) is 16.2 Å². The van der Waals surface area contributed by atoms with Gasteiger partial charge in [0.15, 0.2) is 0 Å². The predicted molar refractivity (Wildman–Crippen MR) is 165 cm³/mol. The number of rotatable bonds is 8. The van der Waals surface area contributed by atoms with Gasteiger partial charge in [0.1, 0.15) is 11.9 Å². The second-order valence-corrected chi connectivity index (χ2v) is 11.0. The summed E-state index contributed by atoms with van der Waals surface area (Å²) in [5, 5.41) is 17.7. The summed E-state index contributed by atoms with van der Waals surface area (Å²) in [7, 11) is 2.04. The summed E-state index contributed by atoms with van der Waals surface area (Å²) in [4.78, 5) is 34.7. The summed E-state index contributed by atoms with van der Waals surface area (Å²) >= 11 is 0. The van der Waals surface area contributed by atoms with E-state index in [0.717, 1.165) is 22.9 Å². The highest BCUT2D eigenvalue weighted by atomic mass is 16.5. The zero-order chi connectivity index (χ0) is 29.6. The maximum absolute atomic E-state index is 13.8. The summed E-state index contributed by atoms with van der Waals surface area (Å²) in [5.41, 5.74) is 2.63. The first kappa shape index (κ1) is 29.0. The number of aromatic nitrogens is 1. The highest BCUT2D eigenvalue weighted by Crippen LogP contribution is 2.31. The van der Waals surface area contributed by atoms with Gasteiger partial charge in [-0.15, -0.1) is 0 Å². The number of aliphatic hydroxyl groups is 1. The molecule has 1 aliphatic heterocycles. The van der Waals surface area contributed by atoms with Gasteiger partial charge in [0.05, 0.1) is 23.9 Å². The molecule has 3 N–H and O–H groups in total. The minimum atomic E-state index is -0.421. The van der Waals surface area contributed by atoms with Crippen LogP contribution in [0.2, 0.25) is 0 Å². The average Bonchev–Trinajstić information content (AvgIpc) is 2.99. The Bertz CT molecular complexity index is 1540. The molecular formula is C33H37N5O4. The second-order valence-electron chi connectivity index (χ2n) is 11.0. The van der Waals surface area contributed by atoms with Gasteiger partial charge in [0.2, 0.25) is 0 Å². The fraction of sp³-hybridized carbons (Fsp3) is 0.303. The lowest BCUT2D eigenvalue weighted by molar-refractivity contribution is 0.0341. The number of urea groups is 1. The van der Waals surface area contributed by atoms with Crippen LogP contribution in [-0.2, 0) is 6.54 Å². The van der Waals surface area contributed by atoms with Gasteiger partial charge < -0.3 is 25.4 Å². The maximum atomic E-state index is 13.8. The van der Waals surface area contributed by atoms with Gasteiger partial charge in [0.25, 0.3) is 5.91 Å². The molecule has 0 unspecified atom stereocenters. The lowest BCUT2D eigenvalue weighted by atomic mass is 9.99. The van der Waals surface area contributed by atoms with Crippen LogP contribution in [0.1, 0.15) is 29.8 Å². The Labute approximate surface area is 246 Å². The van der Waals surface area contributed by atoms with Crippen LogP contribution in [0.25, 0.3) is 10.8 Å². The van der Waals surface area contributed by atoms with Crippen LogP contribution in [0.15, 0.2) is 85.2 Å². The molecule has 0 bridgehead atoms. The van der Waals surface area contributed by atoms with Crippen molar-refractivity contribution < 1.29 is 19.4 Å². The number of amides is 3. The summed E-state index contributed by atoms with van der Waals surface area (Å²) in [6.45, 7) is 5.52. The largest absolute Gasteiger partial charge is 0.488 e. The van der Waals surface area contributed by atoms with E-state index in [-0.39, 0.29) is 30.6 Å². The molecule has 1 aromatic heterocycles. The molecule has 0 radical (unpaired) electrons. The molecule has 1 aliphatic rings. The fourth-order valence-electron chi connectivity index (χ4n) is 5.31. The number of aliphatic hydroxyl groups excluding tert-OH is 1. The Morgan fingerprint density at radius 2 is 1.86 bits per heavy atom. The first-order valence-electron chi connectivity index (χ1n) is 14.2. The smallest absolute Gasteiger partial charge is 0.323 e. The number of anilines is 2. The molecule has 0 spiro atoms. The van der Waals surface area contributed by atoms with Crippen molar-refractivity contribution in [3.05, 3.63) is 96.3 Å². The molecule has 5 rings (SSSR count). The summed E-state index contributed by atoms with van der Waals surface area (Å²) in [6.07, 6.45) is 3.34. The fourth-order valence-corrected chi connectivity index (χ4v) is 5.31. The van der Waals surface area contributed by atoms with Crippen molar-refractivity contribution in [2.24, 2.45) is 5.92 Å². The number of pyridine rings is 1. The quantitative estimate of drug-likeness (QED) is 0.269. The molecule has 3 amide bonds. The maximum Gasteiger partial charge on any atom is 0.323 e. The van der Waals surface area contributed by atoms with Crippen molar-refractivity contribution in [3.63, 3.8) is 0 Å². The third-order valence-corrected chi connectivity index (χ3v) is 7.65. The number of carbonyl (C=O) groups excluding carboxylic acids is 2. The van der Waals surface area contributed by atoms with E-state index in [1.165, 1.54) is 0 Å². The van der Waals surface area contributed by atoms with Gasteiger partial charge in [-0.2, -0.15) is 0 Å². The topological polar surface area (TPSA) is 107 Å². The summed E-state index contributed by atoms with van der Waals surface area (Å²) in [5.74, 6) is 0.198. The van der Waals surface area contributed by atoms with E-state index in [9.17, 15) is 14.7 Å². The standard InChI is InChI=1S/C33H37N5O4/c1-22-18-38(23(2)21-39)32(40)28-17-26(35-33(41)36-29-10-6-8-25-7-4-5-9-27(25)29)11-12-30(28)42-31(22)20-37(3)19-24-13-15-34-16-14-24/h4-17,22-23,31,39H,18-21H2,1-3H3,(H2,35,36,41)/t22-,23+,31+/m0/s1. The number of nitrogens with one attached hydrogen (secondary N) is 2. The van der Waals surface area contributed by atoms with Crippen LogP contribution in [0, 0.1) is 5.92 Å². The van der Waals surface area contributed by atoms with Crippen molar-refractivity contribution in [1.29, 1.82) is 0 Å². The monoisotopic (exact) mass is 567 g/mol. The zero-order valence-corrected chi connectivity index (χ0v) is 24.2. The van der Waals surface area contributed by atoms with Crippen LogP contribution in [0.5, 0.6) is 5.75 Å². The van der Waals surface area contributed by atoms with E-state index < -0.39 is 6.03 Å². The number of carbonyl (C=O) groups is 2. The van der Waals surface area contributed by atoms with Crippen molar-refractivity contribution in [1.82, 2.24) is 14.8 Å². The Hall–Kier alpha value is -4.47. The normalized spacial score (nSPS) is 17.6. The van der Waals surface area contributed by atoms with Crippen molar-refractivity contribution >= 4 is 34.1 Å². The van der Waals surface area contributed by atoms with Gasteiger partial charge in [-0.3, -0.25) is 14.7 Å². The molecule has 3 atom stereocenters. The molecule has 0 saturated heterocycles. The Morgan fingerprint density at radius 3 is 2.64 bits per heavy atom. The SMILES string of the molecule is C[C@H](CO)N1C[C@H](C)[C@@H](CN(C)Cc2ccncc2)Oc2ccc(NC(=O)Nc3cccc4ccccc34)cc2C1=O. The van der Waals surface area contributed by atoms with E-state index in [0.29, 0.717) is 35.8 Å². The first-order chi connectivity index (χ1) is 20.3. The number of benzene rings is 3. The van der Waals surface area contributed by atoms with Crippen molar-refractivity contribution in [2.75, 3.05) is 37.4 Å². The van der Waals surface area contributed by atoms with Crippen LogP contribution in [0.3, 0.4) is 0 Å². The number of hydrogen-bond donors (Lipinski definition) is 3. The van der Waals surface area contributed by atoms with Gasteiger partial charge in [0, 0.05) is 49.0 Å². The molecule has 2 heterocycles. The minimum absolute atomic E-state index is 0.000245. The third-order valence-electron chi connectivity index (χ3n) is 7.65. The molecule has 0 fully saturated rings. The number of ether oxygens (including phenoxy) is 1. The molecule has 0 aliphatic carbocycles. The van der Waals surface area contributed by atoms with Crippen LogP contribution < -0.4 is 15.4 Å². The Balaban J connectivity index is 1.37. The van der Waals surface area contributed by atoms with E-state index in [4.69, 9.17) is 4.74 Å². The van der Waals surface area contributed by atoms with E-state index >= 15 is 0 Å². The van der Waals surface area contributed by atoms with Gasteiger partial charge in [-0.1, -0.05) is 43.3 Å². The van der Waals surface area contributed by atoms with Crippen LogP contribution >= 0.6 is 0 Å². The number of likely N-dealkylation sites (N-methyl/N-ethyl adjacent to an activating group) is 1. The Morgan fingerprint density at radius 1 is 1.10 bits per heavy atom. The highest BCUT2D eigenvalue weighted by molar-refractivity contribution is 6.07. The highest BCUT2D eigenvalue weighted by Gasteiger charge is 2.33. The number of hydrogen-bond acceptors (Lipinski definition) is 6. The molecule has 4 aromatic rings. The molecule has 9 heteroatoms. The molecule has 42 heavy (non-hydrogen) atoms. The van der Waals surface area contributed by atoms with Crippen molar-refractivity contribution in [2.45, 2.75) is 32.5 Å². The zero-order valence-electron chi connectivity index (χ0n) is 24.2. The first-order valence-corrected chi connectivity index (χ1v) is 14.2. The average molecular weight is 568 g/mol. The third kappa shape index (κ3) is 6.70. The summed E-state index contributed by atoms with van der Waals surface area (Å²) in [6, 6.07) is 21.8. The van der Waals surface area contributed by atoms with Gasteiger partial charge in [-0.25, -0.2) is 4.79 Å². The predicted octanol–water partition coefficient (Wildman–Crippen LogP) is 5.23. The van der Waals surface area contributed by atoms with Gasteiger partial charge >= 0.3 is 6.03 Å². The second kappa shape index (κ2) is 13.0. The minimum Gasteiger partial charge on any atom is -0.488 e. The lowest BCUT2D eigenvalue weighted by Gasteiger charge is -2.38. The van der Waals surface area contributed by atoms with Crippen LogP contribution in [-0.4, -0.2) is 70.7 Å². The molecular weight excluding hydrogens is 530 g/mol. The van der Waals surface area contributed by atoms with Crippen molar-refractivity contribution in [3.8, 4) is 5.75 Å². The van der Waals surface area contributed by atoms with E-state index in [2.05, 4.69) is 27.4 Å². The summed E-state index contributed by atoms with van der Waals surface area (Å²) < 4.78 is 6.50. The number of fused-ring (bicyclic) bond motifs is 2. The van der Waals surface area contributed by atoms with Gasteiger partial charge in [-0.05, 0) is 61.3 Å². The molecule has 218 valence electrons. The van der Waals surface area contributed by atoms with E-state index in [1.54, 1.807) is 35.5 Å². The molecule has 9 nitrogen and oxygen atoms in total. The Kier molecular flexibility index (Phi) is 9.00. The molecule has 3 aromatic carbocycles. The number of nitrogens with zero attached hydrogens (tertiary/aromatic N) is 3.